The van der Waals surface area contributed by atoms with Gasteiger partial charge in [-0.3, -0.25) is 0 Å². The Balaban J connectivity index is 2.29. The van der Waals surface area contributed by atoms with Crippen molar-refractivity contribution in [1.82, 2.24) is 19.2 Å². The normalized spacial score (nSPS) is 23.1. The van der Waals surface area contributed by atoms with Crippen LogP contribution >= 0.6 is 7.87 Å². The van der Waals surface area contributed by atoms with Crippen molar-refractivity contribution in [3.8, 4) is 6.07 Å². The van der Waals surface area contributed by atoms with Crippen molar-refractivity contribution < 1.29 is 19.3 Å². The molecule has 29 heavy (non-hydrogen) atoms. The van der Waals surface area contributed by atoms with Crippen molar-refractivity contribution in [2.45, 2.75) is 71.1 Å². The Bertz CT molecular complexity index is 776. The van der Waals surface area contributed by atoms with E-state index in [1.165, 1.54) is 10.9 Å². The first kappa shape index (κ1) is 23.6. The van der Waals surface area contributed by atoms with Gasteiger partial charge in [0.05, 0.1) is 0 Å². The molecule has 0 amide bonds. The number of hydrogen-bond acceptors (Lipinski definition) is 10. The van der Waals surface area contributed by atoms with Crippen molar-refractivity contribution in [1.29, 1.82) is 5.26 Å². The van der Waals surface area contributed by atoms with E-state index >= 15 is 0 Å². The van der Waals surface area contributed by atoms with Gasteiger partial charge in [0.1, 0.15) is 0 Å². The van der Waals surface area contributed by atoms with E-state index in [0.29, 0.717) is 0 Å². The standard InChI is InChI=1S/C17H31N6O5P/c1-11(2)23(12(3)4)29(26,7-5-6-18)28-13-8-15(27-14(13)9-24)22-10-20-16(19)21-17(22)25/h10-15,24,26,29H,5,7-9H2,1-4H3,(H2,19,21,25)/t13-,14+,15+/m0/s1. The van der Waals surface area contributed by atoms with Crippen LogP contribution in [-0.4, -0.2) is 66.3 Å². The van der Waals surface area contributed by atoms with Gasteiger partial charge in [0.15, 0.2) is 0 Å². The van der Waals surface area contributed by atoms with Crippen LogP contribution in [0.2, 0.25) is 0 Å². The van der Waals surface area contributed by atoms with Gasteiger partial charge in [0.2, 0.25) is 0 Å². The average molecular weight is 430 g/mol. The Labute approximate surface area is 170 Å². The van der Waals surface area contributed by atoms with Crippen LogP contribution in [0.15, 0.2) is 11.1 Å². The summed E-state index contributed by atoms with van der Waals surface area (Å²) in [5.74, 6) is -0.140. The van der Waals surface area contributed by atoms with E-state index in [1.54, 1.807) is 0 Å². The summed E-state index contributed by atoms with van der Waals surface area (Å²) >= 11 is 0. The summed E-state index contributed by atoms with van der Waals surface area (Å²) in [6.45, 7) is 7.47. The second kappa shape index (κ2) is 9.89. The van der Waals surface area contributed by atoms with E-state index < -0.39 is 32.0 Å². The number of nitriles is 1. The van der Waals surface area contributed by atoms with Crippen LogP contribution in [0.4, 0.5) is 5.95 Å². The molecule has 1 aromatic heterocycles. The van der Waals surface area contributed by atoms with E-state index in [4.69, 9.17) is 20.3 Å². The Hall–Kier alpha value is -1.67. The maximum atomic E-state index is 12.1. The first-order valence-electron chi connectivity index (χ1n) is 9.65. The van der Waals surface area contributed by atoms with Crippen LogP contribution in [0.3, 0.4) is 0 Å². The van der Waals surface area contributed by atoms with Gasteiger partial charge in [-0.1, -0.05) is 0 Å². The molecule has 2 rings (SSSR count). The molecule has 0 saturated carbocycles. The predicted octanol–water partition coefficient (Wildman–Crippen LogP) is 0.405. The minimum absolute atomic E-state index is 0.0100. The molecule has 0 aliphatic carbocycles. The zero-order valence-corrected chi connectivity index (χ0v) is 18.2. The molecule has 0 spiro atoms. The Morgan fingerprint density at radius 2 is 2.14 bits per heavy atom. The van der Waals surface area contributed by atoms with Gasteiger partial charge in [-0.25, -0.2) is 0 Å². The molecular formula is C17H31N6O5P. The molecule has 1 fully saturated rings. The van der Waals surface area contributed by atoms with Crippen molar-refractivity contribution in [2.24, 2.45) is 0 Å². The van der Waals surface area contributed by atoms with E-state index in [2.05, 4.69) is 16.0 Å². The van der Waals surface area contributed by atoms with Gasteiger partial charge in [-0.05, 0) is 0 Å². The van der Waals surface area contributed by atoms with Crippen LogP contribution in [-0.2, 0) is 9.26 Å². The summed E-state index contributed by atoms with van der Waals surface area (Å²) in [4.78, 5) is 31.0. The minimum atomic E-state index is -3.52. The number of anilines is 1. The number of rotatable bonds is 9. The molecule has 0 aromatic carbocycles. The fourth-order valence-electron chi connectivity index (χ4n) is 3.83. The van der Waals surface area contributed by atoms with Crippen LogP contribution in [0.1, 0.15) is 46.8 Å². The topological polar surface area (TPSA) is 160 Å². The van der Waals surface area contributed by atoms with Crippen molar-refractivity contribution in [2.75, 3.05) is 18.5 Å². The summed E-state index contributed by atoms with van der Waals surface area (Å²) in [5.41, 5.74) is 4.80. The predicted molar refractivity (Wildman–Crippen MR) is 109 cm³/mol. The van der Waals surface area contributed by atoms with Crippen molar-refractivity contribution in [3.05, 3.63) is 16.8 Å². The summed E-state index contributed by atoms with van der Waals surface area (Å²) in [6, 6.07) is 2.05. The van der Waals surface area contributed by atoms with Gasteiger partial charge in [0, 0.05) is 0 Å². The van der Waals surface area contributed by atoms with E-state index in [9.17, 15) is 14.8 Å². The number of nitrogen functional groups attached to an aromatic ring is 1. The van der Waals surface area contributed by atoms with E-state index in [1.807, 2.05) is 32.4 Å². The number of nitrogens with two attached hydrogens (primary N) is 1. The Morgan fingerprint density at radius 1 is 1.48 bits per heavy atom. The number of aromatic nitrogens is 3. The molecule has 12 heteroatoms. The maximum absolute atomic E-state index is 12.1. The fourth-order valence-corrected chi connectivity index (χ4v) is 7.11. The second-order valence-electron chi connectivity index (χ2n) is 7.60. The van der Waals surface area contributed by atoms with Gasteiger partial charge >= 0.3 is 170 Å². The van der Waals surface area contributed by atoms with Gasteiger partial charge in [-0.2, -0.15) is 0 Å². The van der Waals surface area contributed by atoms with Crippen LogP contribution in [0, 0.1) is 11.3 Å². The Morgan fingerprint density at radius 3 is 2.66 bits per heavy atom. The summed E-state index contributed by atoms with van der Waals surface area (Å²) in [6.07, 6.45) is -0.373. The number of aliphatic hydroxyl groups excluding tert-OH is 1. The molecule has 1 saturated heterocycles. The molecule has 0 radical (unpaired) electrons. The molecule has 1 aliphatic heterocycles. The van der Waals surface area contributed by atoms with Crippen LogP contribution in [0.5, 0.6) is 0 Å². The first-order valence-corrected chi connectivity index (χ1v) is 11.7. The van der Waals surface area contributed by atoms with Crippen LogP contribution < -0.4 is 11.4 Å². The molecule has 1 aliphatic rings. The number of ether oxygens (including phenoxy) is 1. The molecule has 4 N–H and O–H groups in total. The number of nitrogens with zero attached hydrogens (tertiary/aromatic N) is 5. The third-order valence-corrected chi connectivity index (χ3v) is 8.26. The molecule has 0 unspecified atom stereocenters. The van der Waals surface area contributed by atoms with Gasteiger partial charge in [0.25, 0.3) is 0 Å². The average Bonchev–Trinajstić information content (AvgIpc) is 3.01. The SMILES string of the molecule is CC(C)N(C(C)C)[PH](O)(CCC#N)O[C@H]1C[C@H](n2cnc(N)nc2=O)O[C@@H]1CO. The third-order valence-electron chi connectivity index (χ3n) is 4.83. The Kier molecular flexibility index (Phi) is 8.05. The summed E-state index contributed by atoms with van der Waals surface area (Å²) < 4.78 is 15.1. The van der Waals surface area contributed by atoms with Gasteiger partial charge < -0.3 is 0 Å². The fraction of sp³-hybridized carbons (Fsp3) is 0.765. The zero-order valence-electron chi connectivity index (χ0n) is 17.2. The van der Waals surface area contributed by atoms with Crippen molar-refractivity contribution >= 4 is 13.8 Å². The molecule has 3 atom stereocenters. The number of hydrogen-bond donors (Lipinski definition) is 3. The molecular weight excluding hydrogens is 399 g/mol. The quantitative estimate of drug-likeness (QED) is 0.468. The molecule has 0 bridgehead atoms. The van der Waals surface area contributed by atoms with Crippen LogP contribution in [0.25, 0.3) is 0 Å². The first-order chi connectivity index (χ1) is 13.6. The second-order valence-corrected chi connectivity index (χ2v) is 10.3. The molecule has 164 valence electrons. The third kappa shape index (κ3) is 5.48. The summed E-state index contributed by atoms with van der Waals surface area (Å²) in [7, 11) is -3.52. The summed E-state index contributed by atoms with van der Waals surface area (Å²) in [5, 5.41) is 18.8. The van der Waals surface area contributed by atoms with E-state index in [-0.39, 0.29) is 43.6 Å². The van der Waals surface area contributed by atoms with E-state index in [0.717, 1.165) is 0 Å². The van der Waals surface area contributed by atoms with Gasteiger partial charge in [-0.15, -0.1) is 0 Å². The molecule has 2 heterocycles. The van der Waals surface area contributed by atoms with Crippen molar-refractivity contribution in [3.63, 3.8) is 0 Å². The molecule has 11 nitrogen and oxygen atoms in total. The number of aliphatic hydroxyl groups is 1. The zero-order chi connectivity index (χ0) is 21.8. The monoisotopic (exact) mass is 430 g/mol. The molecule has 1 aromatic rings.